The molecule has 0 aliphatic carbocycles. The molecule has 4 rings (SSSR count). The monoisotopic (exact) mass is 547 g/mol. The molecule has 1 unspecified atom stereocenters. The number of amides is 1. The predicted molar refractivity (Wildman–Crippen MR) is 139 cm³/mol. The Balaban J connectivity index is 0.000000289. The number of anilines is 1. The predicted octanol–water partition coefficient (Wildman–Crippen LogP) is 4.62. The summed E-state index contributed by atoms with van der Waals surface area (Å²) in [6.45, 7) is 4.63. The van der Waals surface area contributed by atoms with Gasteiger partial charge in [-0.3, -0.25) is 9.45 Å². The number of thiazole rings is 1. The van der Waals surface area contributed by atoms with Gasteiger partial charge in [0.25, 0.3) is 10.1 Å². The summed E-state index contributed by atoms with van der Waals surface area (Å²) >= 11 is 1.22. The number of hydrogen-bond acceptors (Lipinski definition) is 9. The van der Waals surface area contributed by atoms with Gasteiger partial charge in [0.1, 0.15) is 16.6 Å². The van der Waals surface area contributed by atoms with E-state index >= 15 is 0 Å². The fraction of sp³-hybridized carbons (Fsp3) is 0.320. The summed E-state index contributed by atoms with van der Waals surface area (Å²) in [5.41, 5.74) is 7.92. The van der Waals surface area contributed by atoms with E-state index in [0.717, 1.165) is 24.0 Å². The lowest BCUT2D eigenvalue weighted by molar-refractivity contribution is 0.0521. The third-order valence-corrected chi connectivity index (χ3v) is 7.29. The minimum Gasteiger partial charge on any atom is -0.461 e. The van der Waals surface area contributed by atoms with Crippen LogP contribution >= 0.6 is 11.3 Å². The molecule has 1 aliphatic heterocycles. The van der Waals surface area contributed by atoms with E-state index in [1.54, 1.807) is 24.0 Å². The maximum atomic E-state index is 12.5. The lowest BCUT2D eigenvalue weighted by Crippen LogP contribution is -2.31. The Morgan fingerprint density at radius 2 is 1.81 bits per heavy atom. The van der Waals surface area contributed by atoms with E-state index in [0.29, 0.717) is 16.6 Å². The number of rotatable bonds is 6. The first-order valence-corrected chi connectivity index (χ1v) is 13.8. The van der Waals surface area contributed by atoms with Crippen LogP contribution in [0.15, 0.2) is 59.5 Å². The van der Waals surface area contributed by atoms with Gasteiger partial charge in [0.05, 0.1) is 17.5 Å². The van der Waals surface area contributed by atoms with Crippen LogP contribution in [0.4, 0.5) is 9.80 Å². The van der Waals surface area contributed by atoms with Gasteiger partial charge in [0.2, 0.25) is 0 Å². The molecule has 1 aromatic heterocycles. The normalized spacial score (nSPS) is 15.0. The van der Waals surface area contributed by atoms with Crippen molar-refractivity contribution in [1.29, 1.82) is 0 Å². The van der Waals surface area contributed by atoms with Crippen LogP contribution in [-0.2, 0) is 26.2 Å². The molecule has 0 spiro atoms. The average molecular weight is 548 g/mol. The second kappa shape index (κ2) is 12.7. The van der Waals surface area contributed by atoms with Gasteiger partial charge in [0, 0.05) is 6.54 Å². The largest absolute Gasteiger partial charge is 0.461 e. The zero-order chi connectivity index (χ0) is 27.0. The lowest BCUT2D eigenvalue weighted by Gasteiger charge is -2.22. The van der Waals surface area contributed by atoms with Gasteiger partial charge >= 0.3 is 12.1 Å². The number of carbonyl (C=O) groups is 2. The highest BCUT2D eigenvalue weighted by Crippen LogP contribution is 2.37. The topological polar surface area (TPSA) is 149 Å². The van der Waals surface area contributed by atoms with E-state index in [-0.39, 0.29) is 35.9 Å². The number of aromatic nitrogens is 1. The first-order valence-electron chi connectivity index (χ1n) is 11.5. The molecule has 3 aromatic rings. The Morgan fingerprint density at radius 1 is 1.14 bits per heavy atom. The van der Waals surface area contributed by atoms with Crippen molar-refractivity contribution in [3.63, 3.8) is 0 Å². The fourth-order valence-corrected chi connectivity index (χ4v) is 5.04. The van der Waals surface area contributed by atoms with Crippen molar-refractivity contribution < 1.29 is 32.0 Å². The Morgan fingerprint density at radius 3 is 2.43 bits per heavy atom. The standard InChI is InChI=1S/C18H21N3O4S.C7H8O3S/c1-2-24-17(22)14-15(19)26-16(20-14)13-9-6-10-21(13)18(23)25-11-12-7-4-3-5-8-12;1-6-2-4-7(5-3-6)11(8,9)10/h3-5,7-8,13H,2,6,9-11,19H2,1H3;2-5H,1H3,(H,8,9,10). The molecule has 2 aromatic carbocycles. The van der Waals surface area contributed by atoms with Crippen LogP contribution < -0.4 is 5.73 Å². The molecule has 2 heterocycles. The Labute approximate surface area is 219 Å². The summed E-state index contributed by atoms with van der Waals surface area (Å²) in [6, 6.07) is 15.3. The molecule has 1 saturated heterocycles. The first-order chi connectivity index (χ1) is 17.6. The van der Waals surface area contributed by atoms with Crippen LogP contribution in [0.25, 0.3) is 0 Å². The van der Waals surface area contributed by atoms with Crippen molar-refractivity contribution in [2.45, 2.75) is 44.2 Å². The molecular weight excluding hydrogens is 518 g/mol. The van der Waals surface area contributed by atoms with Crippen molar-refractivity contribution in [2.24, 2.45) is 0 Å². The minimum atomic E-state index is -4.02. The molecule has 1 aliphatic rings. The number of esters is 1. The first kappa shape index (κ1) is 28.1. The maximum absolute atomic E-state index is 12.5. The van der Waals surface area contributed by atoms with Crippen LogP contribution in [0.3, 0.4) is 0 Å². The number of nitrogens with zero attached hydrogens (tertiary/aromatic N) is 2. The summed E-state index contributed by atoms with van der Waals surface area (Å²) < 4.78 is 39.9. The van der Waals surface area contributed by atoms with Crippen LogP contribution in [0.1, 0.15) is 52.4 Å². The molecule has 3 N–H and O–H groups in total. The molecule has 0 bridgehead atoms. The second-order valence-corrected chi connectivity index (χ2v) is 10.6. The number of likely N-dealkylation sites (tertiary alicyclic amines) is 1. The highest BCUT2D eigenvalue weighted by atomic mass is 32.2. The molecule has 12 heteroatoms. The van der Waals surface area contributed by atoms with E-state index in [2.05, 4.69) is 4.98 Å². The summed E-state index contributed by atoms with van der Waals surface area (Å²) in [6.07, 6.45) is 1.22. The molecule has 0 saturated carbocycles. The number of aryl methyl sites for hydroxylation is 1. The van der Waals surface area contributed by atoms with Crippen molar-refractivity contribution in [3.8, 4) is 0 Å². The van der Waals surface area contributed by atoms with Gasteiger partial charge in [-0.05, 0) is 44.4 Å². The smallest absolute Gasteiger partial charge is 0.410 e. The number of hydrogen-bond donors (Lipinski definition) is 2. The lowest BCUT2D eigenvalue weighted by atomic mass is 10.2. The van der Waals surface area contributed by atoms with Crippen LogP contribution in [0.5, 0.6) is 0 Å². The fourth-order valence-electron chi connectivity index (χ4n) is 3.59. The van der Waals surface area contributed by atoms with Crippen LogP contribution in [0.2, 0.25) is 0 Å². The third kappa shape index (κ3) is 7.75. The van der Waals surface area contributed by atoms with Crippen LogP contribution in [0, 0.1) is 6.92 Å². The summed E-state index contributed by atoms with van der Waals surface area (Å²) in [7, 11) is -4.02. The van der Waals surface area contributed by atoms with Crippen molar-refractivity contribution in [3.05, 3.63) is 76.4 Å². The second-order valence-electron chi connectivity index (χ2n) is 8.17. The zero-order valence-corrected chi connectivity index (χ0v) is 22.1. The van der Waals surface area contributed by atoms with Gasteiger partial charge in [-0.25, -0.2) is 14.6 Å². The number of nitrogens with two attached hydrogens (primary N) is 1. The van der Waals surface area contributed by atoms with Crippen molar-refractivity contribution in [2.75, 3.05) is 18.9 Å². The molecule has 1 fully saturated rings. The Hall–Kier alpha value is -3.48. The van der Waals surface area contributed by atoms with Crippen molar-refractivity contribution >= 4 is 38.5 Å². The van der Waals surface area contributed by atoms with Gasteiger partial charge in [0.15, 0.2) is 5.69 Å². The third-order valence-electron chi connectivity index (χ3n) is 5.44. The minimum absolute atomic E-state index is 0.0666. The highest BCUT2D eigenvalue weighted by molar-refractivity contribution is 7.85. The summed E-state index contributed by atoms with van der Waals surface area (Å²) in [5.74, 6) is -0.538. The van der Waals surface area contributed by atoms with E-state index in [1.165, 1.54) is 23.5 Å². The van der Waals surface area contributed by atoms with E-state index < -0.39 is 16.1 Å². The van der Waals surface area contributed by atoms with Gasteiger partial charge in [-0.1, -0.05) is 59.4 Å². The van der Waals surface area contributed by atoms with E-state index in [9.17, 15) is 18.0 Å². The quantitative estimate of drug-likeness (QED) is 0.333. The van der Waals surface area contributed by atoms with Gasteiger partial charge in [-0.15, -0.1) is 0 Å². The molecule has 10 nitrogen and oxygen atoms in total. The van der Waals surface area contributed by atoms with Crippen molar-refractivity contribution in [1.82, 2.24) is 9.88 Å². The number of ether oxygens (including phenoxy) is 2. The highest BCUT2D eigenvalue weighted by Gasteiger charge is 2.34. The van der Waals surface area contributed by atoms with Gasteiger partial charge < -0.3 is 15.2 Å². The Kier molecular flexibility index (Phi) is 9.61. The molecule has 198 valence electrons. The SMILES string of the molecule is CCOC(=O)c1nc(C2CCCN2C(=O)OCc2ccccc2)sc1N.Cc1ccc(S(=O)(=O)O)cc1. The maximum Gasteiger partial charge on any atom is 0.410 e. The summed E-state index contributed by atoms with van der Waals surface area (Å²) in [5, 5.41) is 0.947. The molecule has 1 atom stereocenters. The molecular formula is C25H29N3O7S2. The number of carbonyl (C=O) groups excluding carboxylic acids is 2. The molecule has 37 heavy (non-hydrogen) atoms. The van der Waals surface area contributed by atoms with E-state index in [1.807, 2.05) is 37.3 Å². The zero-order valence-electron chi connectivity index (χ0n) is 20.5. The van der Waals surface area contributed by atoms with Gasteiger partial charge in [-0.2, -0.15) is 8.42 Å². The molecule has 0 radical (unpaired) electrons. The Bertz CT molecular complexity index is 1310. The van der Waals surface area contributed by atoms with Crippen LogP contribution in [-0.4, -0.2) is 48.1 Å². The molecule has 1 amide bonds. The summed E-state index contributed by atoms with van der Waals surface area (Å²) in [4.78, 5) is 30.3. The number of nitrogen functional groups attached to an aromatic ring is 1. The number of benzene rings is 2. The van der Waals surface area contributed by atoms with E-state index in [4.69, 9.17) is 19.8 Å². The average Bonchev–Trinajstić information content (AvgIpc) is 3.50.